The summed E-state index contributed by atoms with van der Waals surface area (Å²) < 4.78 is 7.38. The van der Waals surface area contributed by atoms with E-state index in [4.69, 9.17) is 9.57 Å². The molecule has 1 aliphatic heterocycles. The number of amides is 2. The molecule has 1 aliphatic rings. The zero-order valence-electron chi connectivity index (χ0n) is 15.8. The molecule has 0 bridgehead atoms. The van der Waals surface area contributed by atoms with Gasteiger partial charge in [-0.3, -0.25) is 14.4 Å². The van der Waals surface area contributed by atoms with Gasteiger partial charge in [0.1, 0.15) is 6.61 Å². The number of nitrogens with zero attached hydrogens (tertiary/aromatic N) is 2. The van der Waals surface area contributed by atoms with E-state index in [1.54, 1.807) is 17.7 Å². The van der Waals surface area contributed by atoms with Crippen molar-refractivity contribution in [3.63, 3.8) is 0 Å². The van der Waals surface area contributed by atoms with Crippen molar-refractivity contribution in [2.45, 2.75) is 39.3 Å². The van der Waals surface area contributed by atoms with Crippen LogP contribution in [0, 0.1) is 6.92 Å². The molecule has 0 N–H and O–H groups in total. The highest BCUT2D eigenvalue weighted by Crippen LogP contribution is 2.16. The zero-order valence-corrected chi connectivity index (χ0v) is 16.6. The number of benzene rings is 1. The highest BCUT2D eigenvalue weighted by atomic mass is 35.5. The molecule has 0 aliphatic carbocycles. The molecule has 3 rings (SSSR count). The molecule has 9 heteroatoms. The fraction of sp³-hybridized carbons (Fsp3) is 0.300. The SMILES string of the molecule is Cc1c(OCc2ccccc2)c(=O)ccn1CCC(=O)ON1C(=O)CCC1=O.Cl. The molecule has 8 nitrogen and oxygen atoms in total. The Morgan fingerprint density at radius 2 is 1.69 bits per heavy atom. The van der Waals surface area contributed by atoms with Gasteiger partial charge >= 0.3 is 5.97 Å². The highest BCUT2D eigenvalue weighted by Gasteiger charge is 2.32. The summed E-state index contributed by atoms with van der Waals surface area (Å²) in [5.74, 6) is -1.53. The van der Waals surface area contributed by atoms with E-state index < -0.39 is 17.8 Å². The quantitative estimate of drug-likeness (QED) is 0.637. The predicted octanol–water partition coefficient (Wildman–Crippen LogP) is 2.15. The lowest BCUT2D eigenvalue weighted by Gasteiger charge is -2.16. The van der Waals surface area contributed by atoms with Gasteiger partial charge in [-0.15, -0.1) is 17.5 Å². The number of hydrogen-bond donors (Lipinski definition) is 0. The van der Waals surface area contributed by atoms with Gasteiger partial charge in [-0.1, -0.05) is 30.3 Å². The van der Waals surface area contributed by atoms with Crippen molar-refractivity contribution < 1.29 is 24.0 Å². The van der Waals surface area contributed by atoms with Crippen LogP contribution in [0.5, 0.6) is 5.75 Å². The number of ether oxygens (including phenoxy) is 1. The largest absolute Gasteiger partial charge is 0.483 e. The molecule has 29 heavy (non-hydrogen) atoms. The van der Waals surface area contributed by atoms with Crippen LogP contribution in [-0.4, -0.2) is 27.4 Å². The molecule has 0 saturated carbocycles. The van der Waals surface area contributed by atoms with E-state index in [2.05, 4.69) is 0 Å². The highest BCUT2D eigenvalue weighted by molar-refractivity contribution is 6.01. The summed E-state index contributed by atoms with van der Waals surface area (Å²) in [5.41, 5.74) is 1.25. The van der Waals surface area contributed by atoms with Crippen LogP contribution in [0.2, 0.25) is 0 Å². The minimum absolute atomic E-state index is 0. The van der Waals surface area contributed by atoms with Crippen molar-refractivity contribution in [3.8, 4) is 5.75 Å². The smallest absolute Gasteiger partial charge is 0.335 e. The molecule has 0 spiro atoms. The predicted molar refractivity (Wildman–Crippen MR) is 105 cm³/mol. The average Bonchev–Trinajstić information content (AvgIpc) is 3.00. The third-order valence-corrected chi connectivity index (χ3v) is 4.37. The van der Waals surface area contributed by atoms with E-state index >= 15 is 0 Å². The second kappa shape index (κ2) is 9.88. The minimum Gasteiger partial charge on any atom is -0.483 e. The van der Waals surface area contributed by atoms with Crippen molar-refractivity contribution in [3.05, 3.63) is 64.1 Å². The third-order valence-electron chi connectivity index (χ3n) is 4.37. The molecule has 2 aromatic rings. The molecule has 0 atom stereocenters. The lowest BCUT2D eigenvalue weighted by atomic mass is 10.2. The molecule has 2 heterocycles. The Kier molecular flexibility index (Phi) is 7.55. The summed E-state index contributed by atoms with van der Waals surface area (Å²) in [6, 6.07) is 10.8. The lowest BCUT2D eigenvalue weighted by Crippen LogP contribution is -2.32. The number of aryl methyl sites for hydroxylation is 1. The molecule has 1 saturated heterocycles. The van der Waals surface area contributed by atoms with Gasteiger partial charge < -0.3 is 14.1 Å². The third kappa shape index (κ3) is 5.45. The van der Waals surface area contributed by atoms with Gasteiger partial charge in [-0.25, -0.2) is 4.79 Å². The number of aromatic nitrogens is 1. The number of pyridine rings is 1. The van der Waals surface area contributed by atoms with Crippen LogP contribution >= 0.6 is 12.4 Å². The molecule has 1 aromatic carbocycles. The molecule has 2 amide bonds. The maximum Gasteiger partial charge on any atom is 0.335 e. The van der Waals surface area contributed by atoms with E-state index in [1.807, 2.05) is 30.3 Å². The van der Waals surface area contributed by atoms with Crippen molar-refractivity contribution >= 4 is 30.2 Å². The first-order valence-corrected chi connectivity index (χ1v) is 8.89. The standard InChI is InChI=1S/C20H20N2O6.ClH/c1-14-20(27-13-15-5-3-2-4-6-15)16(23)9-11-21(14)12-10-19(26)28-22-17(24)7-8-18(22)25;/h2-6,9,11H,7-8,10,12-13H2,1H3;1H. The van der Waals surface area contributed by atoms with Crippen LogP contribution in [0.15, 0.2) is 47.4 Å². The van der Waals surface area contributed by atoms with Gasteiger partial charge in [-0.05, 0) is 12.5 Å². The van der Waals surface area contributed by atoms with E-state index in [0.717, 1.165) is 5.56 Å². The first-order valence-electron chi connectivity index (χ1n) is 8.89. The summed E-state index contributed by atoms with van der Waals surface area (Å²) in [6.45, 7) is 2.19. The molecule has 0 unspecified atom stereocenters. The Morgan fingerprint density at radius 3 is 2.34 bits per heavy atom. The Labute approximate surface area is 173 Å². The molecule has 1 aromatic heterocycles. The fourth-order valence-corrected chi connectivity index (χ4v) is 2.82. The Morgan fingerprint density at radius 1 is 1.03 bits per heavy atom. The number of carbonyl (C=O) groups excluding carboxylic acids is 3. The summed E-state index contributed by atoms with van der Waals surface area (Å²) in [6.07, 6.45) is 1.59. The Hall–Kier alpha value is -3.13. The molecular weight excluding hydrogens is 400 g/mol. The van der Waals surface area contributed by atoms with E-state index in [0.29, 0.717) is 10.8 Å². The fourth-order valence-electron chi connectivity index (χ4n) is 2.82. The van der Waals surface area contributed by atoms with Crippen molar-refractivity contribution in [2.75, 3.05) is 0 Å². The summed E-state index contributed by atoms with van der Waals surface area (Å²) in [4.78, 5) is 51.9. The van der Waals surface area contributed by atoms with Crippen LogP contribution in [0.25, 0.3) is 0 Å². The number of carbonyl (C=O) groups is 3. The van der Waals surface area contributed by atoms with Gasteiger partial charge in [-0.2, -0.15) is 0 Å². The first kappa shape index (κ1) is 22.2. The van der Waals surface area contributed by atoms with Crippen LogP contribution in [0.3, 0.4) is 0 Å². The molecule has 1 fully saturated rings. The molecule has 0 radical (unpaired) electrons. The number of hydroxylamine groups is 2. The number of rotatable bonds is 7. The maximum atomic E-state index is 12.1. The van der Waals surface area contributed by atoms with Crippen molar-refractivity contribution in [1.29, 1.82) is 0 Å². The van der Waals surface area contributed by atoms with Gasteiger partial charge in [0.05, 0.1) is 12.1 Å². The average molecular weight is 421 g/mol. The normalized spacial score (nSPS) is 13.2. The Bertz CT molecular complexity index is 941. The lowest BCUT2D eigenvalue weighted by molar-refractivity contribution is -0.197. The second-order valence-electron chi connectivity index (χ2n) is 6.36. The topological polar surface area (TPSA) is 94.9 Å². The molecule has 154 valence electrons. The van der Waals surface area contributed by atoms with Crippen molar-refractivity contribution in [1.82, 2.24) is 9.63 Å². The van der Waals surface area contributed by atoms with Crippen molar-refractivity contribution in [2.24, 2.45) is 0 Å². The number of imide groups is 1. The van der Waals surface area contributed by atoms with Gasteiger partial charge in [0.25, 0.3) is 11.8 Å². The van der Waals surface area contributed by atoms with Crippen LogP contribution < -0.4 is 10.2 Å². The monoisotopic (exact) mass is 420 g/mol. The van der Waals surface area contributed by atoms with Crippen LogP contribution in [0.1, 0.15) is 30.5 Å². The molecular formula is C20H21ClN2O6. The summed E-state index contributed by atoms with van der Waals surface area (Å²) >= 11 is 0. The van der Waals surface area contributed by atoms with Gasteiger partial charge in [0.2, 0.25) is 5.43 Å². The summed E-state index contributed by atoms with van der Waals surface area (Å²) in [5, 5.41) is 0.523. The Balaban J connectivity index is 0.00000300. The van der Waals surface area contributed by atoms with Crippen LogP contribution in [0.4, 0.5) is 0 Å². The zero-order chi connectivity index (χ0) is 20.1. The first-order chi connectivity index (χ1) is 13.5. The maximum absolute atomic E-state index is 12.1. The van der Waals surface area contributed by atoms with E-state index in [-0.39, 0.29) is 56.0 Å². The van der Waals surface area contributed by atoms with Crippen LogP contribution in [-0.2, 0) is 32.4 Å². The van der Waals surface area contributed by atoms with Gasteiger partial charge in [0.15, 0.2) is 5.75 Å². The minimum atomic E-state index is -0.701. The van der Waals surface area contributed by atoms with E-state index in [1.165, 1.54) is 6.07 Å². The number of hydrogen-bond acceptors (Lipinski definition) is 6. The summed E-state index contributed by atoms with van der Waals surface area (Å²) in [7, 11) is 0. The van der Waals surface area contributed by atoms with Gasteiger partial charge in [0, 0.05) is 31.6 Å². The van der Waals surface area contributed by atoms with E-state index in [9.17, 15) is 19.2 Å². The number of halogens is 1. The second-order valence-corrected chi connectivity index (χ2v) is 6.36.